The van der Waals surface area contributed by atoms with Crippen molar-refractivity contribution in [2.24, 2.45) is 40.4 Å². The van der Waals surface area contributed by atoms with Gasteiger partial charge in [-0.2, -0.15) is 11.8 Å². The number of ketones is 1. The van der Waals surface area contributed by atoms with Crippen molar-refractivity contribution in [3.8, 4) is 0 Å². The lowest BCUT2D eigenvalue weighted by Gasteiger charge is -2.42. The van der Waals surface area contributed by atoms with Gasteiger partial charge < -0.3 is 4.74 Å². The maximum atomic E-state index is 13.0. The molecule has 4 bridgehead atoms. The molecular formula is C21H28O2S. The normalized spacial score (nSPS) is 49.8. The van der Waals surface area contributed by atoms with Crippen LogP contribution in [-0.2, 0) is 9.53 Å². The standard InChI is InChI=1S/C21H28O2S/c1-20(2)14-6-7-21(20,11-24-3)17(9-14)23-16-10-15-12-4-5-13(8-12)18(15)19(16)22/h4-5,10,12-15,17-18H,6-9,11H2,1-3H3/t12-,13+,14-,15+,17-,18-,21-/m1/s1. The van der Waals surface area contributed by atoms with Crippen LogP contribution in [0.2, 0.25) is 0 Å². The first-order valence-corrected chi connectivity index (χ1v) is 11.0. The van der Waals surface area contributed by atoms with Crippen LogP contribution in [0.3, 0.4) is 0 Å². The van der Waals surface area contributed by atoms with Gasteiger partial charge in [0.1, 0.15) is 6.10 Å². The van der Waals surface area contributed by atoms with Crippen LogP contribution in [0.4, 0.5) is 0 Å². The fourth-order valence-electron chi connectivity index (χ4n) is 6.89. The van der Waals surface area contributed by atoms with Crippen LogP contribution in [0, 0.1) is 40.4 Å². The average molecular weight is 345 g/mol. The van der Waals surface area contributed by atoms with E-state index in [2.05, 4.69) is 38.3 Å². The summed E-state index contributed by atoms with van der Waals surface area (Å²) in [5, 5.41) is 0. The molecule has 0 aromatic heterocycles. The van der Waals surface area contributed by atoms with Gasteiger partial charge >= 0.3 is 0 Å². The van der Waals surface area contributed by atoms with E-state index in [0.29, 0.717) is 29.0 Å². The maximum Gasteiger partial charge on any atom is 0.201 e. The van der Waals surface area contributed by atoms with Crippen molar-refractivity contribution < 1.29 is 9.53 Å². The van der Waals surface area contributed by atoms with Gasteiger partial charge in [-0.3, -0.25) is 4.79 Å². The molecule has 0 N–H and O–H groups in total. The van der Waals surface area contributed by atoms with Crippen LogP contribution in [0.25, 0.3) is 0 Å². The second kappa shape index (κ2) is 4.93. The molecule has 0 aromatic carbocycles. The van der Waals surface area contributed by atoms with Crippen LogP contribution in [0.5, 0.6) is 0 Å². The number of carbonyl (C=O) groups excluding carboxylic acids is 1. The molecule has 24 heavy (non-hydrogen) atoms. The van der Waals surface area contributed by atoms with E-state index in [9.17, 15) is 4.79 Å². The molecule has 0 aromatic rings. The first-order chi connectivity index (χ1) is 11.5. The number of hydrogen-bond acceptors (Lipinski definition) is 3. The van der Waals surface area contributed by atoms with Crippen molar-refractivity contribution in [3.63, 3.8) is 0 Å². The van der Waals surface area contributed by atoms with Gasteiger partial charge in [0.15, 0.2) is 5.76 Å². The third-order valence-corrected chi connectivity index (χ3v) is 9.24. The molecule has 0 saturated heterocycles. The van der Waals surface area contributed by atoms with Crippen molar-refractivity contribution in [1.82, 2.24) is 0 Å². The zero-order valence-electron chi connectivity index (χ0n) is 15.0. The van der Waals surface area contributed by atoms with Crippen molar-refractivity contribution >= 4 is 17.5 Å². The summed E-state index contributed by atoms with van der Waals surface area (Å²) in [4.78, 5) is 13.0. The molecule has 130 valence electrons. The van der Waals surface area contributed by atoms with Crippen LogP contribution in [-0.4, -0.2) is 23.9 Å². The summed E-state index contributed by atoms with van der Waals surface area (Å²) < 4.78 is 6.54. The minimum atomic E-state index is 0.193. The van der Waals surface area contributed by atoms with Gasteiger partial charge in [0.2, 0.25) is 5.78 Å². The highest BCUT2D eigenvalue weighted by atomic mass is 32.2. The lowest BCUT2D eigenvalue weighted by atomic mass is 9.69. The lowest BCUT2D eigenvalue weighted by Crippen LogP contribution is -2.42. The zero-order chi connectivity index (χ0) is 16.7. The molecular weight excluding hydrogens is 316 g/mol. The molecule has 2 nitrogen and oxygen atoms in total. The van der Waals surface area contributed by atoms with Crippen molar-refractivity contribution in [2.45, 2.75) is 45.6 Å². The molecule has 0 spiro atoms. The third-order valence-electron chi connectivity index (χ3n) is 8.44. The van der Waals surface area contributed by atoms with Crippen LogP contribution in [0.15, 0.2) is 24.0 Å². The molecule has 7 atom stereocenters. The van der Waals surface area contributed by atoms with Crippen LogP contribution in [0.1, 0.15) is 39.5 Å². The Balaban J connectivity index is 1.41. The van der Waals surface area contributed by atoms with Crippen molar-refractivity contribution in [2.75, 3.05) is 12.0 Å². The van der Waals surface area contributed by atoms with E-state index in [1.165, 1.54) is 19.3 Å². The number of allylic oxidation sites excluding steroid dienone is 4. The lowest BCUT2D eigenvalue weighted by molar-refractivity contribution is -0.125. The van der Waals surface area contributed by atoms with E-state index in [-0.39, 0.29) is 17.4 Å². The maximum absolute atomic E-state index is 13.0. The van der Waals surface area contributed by atoms with E-state index >= 15 is 0 Å². The second-order valence-electron chi connectivity index (χ2n) is 9.34. The monoisotopic (exact) mass is 344 g/mol. The van der Waals surface area contributed by atoms with Gasteiger partial charge in [-0.25, -0.2) is 0 Å². The Kier molecular flexibility index (Phi) is 3.19. The molecule has 0 unspecified atom stereocenters. The highest BCUT2D eigenvalue weighted by Crippen LogP contribution is 2.67. The Morgan fingerprint density at radius 3 is 2.75 bits per heavy atom. The molecule has 3 heteroatoms. The van der Waals surface area contributed by atoms with Gasteiger partial charge in [-0.1, -0.05) is 26.0 Å². The molecule has 5 aliphatic carbocycles. The summed E-state index contributed by atoms with van der Waals surface area (Å²) in [7, 11) is 0. The Hall–Kier alpha value is -0.700. The Labute approximate surface area is 149 Å². The number of thioether (sulfide) groups is 1. The number of fused-ring (bicyclic) bond motifs is 7. The number of hydrogen-bond donors (Lipinski definition) is 0. The molecule has 5 aliphatic rings. The zero-order valence-corrected chi connectivity index (χ0v) is 15.8. The Bertz CT molecular complexity index is 648. The Morgan fingerprint density at radius 2 is 2.04 bits per heavy atom. The SMILES string of the molecule is CSC[C@]12CC[C@H](C[C@H]1OC1=C[C@@H]3[C@H](C1=O)[C@H]1C=C[C@@H]3C1)C2(C)C. The largest absolute Gasteiger partial charge is 0.486 e. The predicted octanol–water partition coefficient (Wildman–Crippen LogP) is 4.47. The summed E-state index contributed by atoms with van der Waals surface area (Å²) in [6.07, 6.45) is 14.2. The molecule has 0 radical (unpaired) electrons. The molecule has 5 rings (SSSR count). The predicted molar refractivity (Wildman–Crippen MR) is 97.6 cm³/mol. The Morgan fingerprint density at radius 1 is 1.25 bits per heavy atom. The molecule has 0 amide bonds. The van der Waals surface area contributed by atoms with Gasteiger partial charge in [0, 0.05) is 17.1 Å². The minimum Gasteiger partial charge on any atom is -0.486 e. The van der Waals surface area contributed by atoms with E-state index in [0.717, 1.165) is 23.9 Å². The fraction of sp³-hybridized carbons (Fsp3) is 0.762. The first-order valence-electron chi connectivity index (χ1n) is 9.58. The van der Waals surface area contributed by atoms with Gasteiger partial charge in [-0.15, -0.1) is 0 Å². The highest BCUT2D eigenvalue weighted by molar-refractivity contribution is 7.98. The average Bonchev–Trinajstić information content (AvgIpc) is 3.29. The number of carbonyl (C=O) groups is 1. The summed E-state index contributed by atoms with van der Waals surface area (Å²) in [5.74, 6) is 4.60. The summed E-state index contributed by atoms with van der Waals surface area (Å²) in [6, 6.07) is 0. The van der Waals surface area contributed by atoms with E-state index in [1.54, 1.807) is 0 Å². The molecule has 0 aliphatic heterocycles. The highest BCUT2D eigenvalue weighted by Gasteiger charge is 2.65. The number of rotatable bonds is 4. The fourth-order valence-corrected chi connectivity index (χ4v) is 8.11. The topological polar surface area (TPSA) is 26.3 Å². The molecule has 3 saturated carbocycles. The molecule has 0 heterocycles. The number of ether oxygens (including phenoxy) is 1. The smallest absolute Gasteiger partial charge is 0.201 e. The summed E-state index contributed by atoms with van der Waals surface area (Å²) >= 11 is 1.95. The van der Waals surface area contributed by atoms with Crippen molar-refractivity contribution in [3.05, 3.63) is 24.0 Å². The van der Waals surface area contributed by atoms with E-state index in [4.69, 9.17) is 4.74 Å². The summed E-state index contributed by atoms with van der Waals surface area (Å²) in [5.41, 5.74) is 0.576. The van der Waals surface area contributed by atoms with Gasteiger partial charge in [0.25, 0.3) is 0 Å². The quantitative estimate of drug-likeness (QED) is 0.704. The van der Waals surface area contributed by atoms with Gasteiger partial charge in [-0.05, 0) is 67.1 Å². The minimum absolute atomic E-state index is 0.193. The third kappa shape index (κ3) is 1.73. The molecule has 3 fully saturated rings. The number of Topliss-reactive ketones (excluding diaryl/α,β-unsaturated/α-hetero) is 1. The summed E-state index contributed by atoms with van der Waals surface area (Å²) in [6.45, 7) is 4.88. The van der Waals surface area contributed by atoms with Crippen LogP contribution >= 0.6 is 11.8 Å². The van der Waals surface area contributed by atoms with E-state index in [1.807, 2.05) is 11.8 Å². The van der Waals surface area contributed by atoms with Crippen LogP contribution < -0.4 is 0 Å². The van der Waals surface area contributed by atoms with Gasteiger partial charge in [0.05, 0.1) is 0 Å². The first kappa shape index (κ1) is 15.5. The van der Waals surface area contributed by atoms with Crippen molar-refractivity contribution in [1.29, 1.82) is 0 Å². The second-order valence-corrected chi connectivity index (χ2v) is 10.2. The van der Waals surface area contributed by atoms with E-state index < -0.39 is 0 Å².